The number of rotatable bonds is 3. The van der Waals surface area contributed by atoms with Crippen molar-refractivity contribution < 1.29 is 4.79 Å². The summed E-state index contributed by atoms with van der Waals surface area (Å²) in [5, 5.41) is 3.36. The van der Waals surface area contributed by atoms with Crippen LogP contribution in [0.4, 0.5) is 0 Å². The van der Waals surface area contributed by atoms with Crippen molar-refractivity contribution in [1.29, 1.82) is 0 Å². The maximum Gasteiger partial charge on any atom is 0.220 e. The largest absolute Gasteiger partial charge is 0.353 e. The van der Waals surface area contributed by atoms with Crippen LogP contribution >= 0.6 is 0 Å². The van der Waals surface area contributed by atoms with Gasteiger partial charge in [-0.1, -0.05) is 19.9 Å². The zero-order valence-corrected chi connectivity index (χ0v) is 17.6. The molecule has 7 atom stereocenters. The summed E-state index contributed by atoms with van der Waals surface area (Å²) < 4.78 is 0. The van der Waals surface area contributed by atoms with Crippen molar-refractivity contribution in [3.8, 4) is 0 Å². The third kappa shape index (κ3) is 2.83. The van der Waals surface area contributed by atoms with Crippen LogP contribution in [0.15, 0.2) is 24.4 Å². The van der Waals surface area contributed by atoms with E-state index in [4.69, 9.17) is 0 Å². The molecule has 1 amide bonds. The summed E-state index contributed by atoms with van der Waals surface area (Å²) in [6.45, 7) is 5.13. The minimum atomic E-state index is 0.289. The smallest absolute Gasteiger partial charge is 0.220 e. The van der Waals surface area contributed by atoms with Gasteiger partial charge in [0.1, 0.15) is 0 Å². The number of pyridine rings is 1. The Hall–Kier alpha value is -1.38. The molecule has 0 unspecified atom stereocenters. The molecule has 1 N–H and O–H groups in total. The van der Waals surface area contributed by atoms with E-state index in [-0.39, 0.29) is 5.91 Å². The summed E-state index contributed by atoms with van der Waals surface area (Å²) >= 11 is 0. The van der Waals surface area contributed by atoms with Crippen LogP contribution in [-0.4, -0.2) is 16.9 Å². The number of piperidine rings is 1. The van der Waals surface area contributed by atoms with Gasteiger partial charge in [0.2, 0.25) is 5.91 Å². The number of nitrogens with zero attached hydrogens (tertiary/aromatic N) is 1. The summed E-state index contributed by atoms with van der Waals surface area (Å²) in [5.74, 6) is 3.75. The normalized spacial score (nSPS) is 44.9. The SMILES string of the molecule is C[C@]12CCC(=O)N[C@@H]1CC[C@@H]1[C@@H]2CC[C@]2(C)[C@@H](CCc3ccccn3)CC[C@@H]12. The Morgan fingerprint density at radius 3 is 2.71 bits per heavy atom. The number of aryl methyl sites for hydroxylation is 1. The first-order valence-electron chi connectivity index (χ1n) is 11.7. The first kappa shape index (κ1) is 18.6. The molecule has 5 rings (SSSR count). The van der Waals surface area contributed by atoms with Crippen LogP contribution in [0.2, 0.25) is 0 Å². The van der Waals surface area contributed by atoms with Crippen LogP contribution in [0.5, 0.6) is 0 Å². The second kappa shape index (κ2) is 6.85. The number of aromatic nitrogens is 1. The number of nitrogens with one attached hydrogen (secondary N) is 1. The van der Waals surface area contributed by atoms with Gasteiger partial charge in [-0.3, -0.25) is 9.78 Å². The van der Waals surface area contributed by atoms with Gasteiger partial charge in [-0.25, -0.2) is 0 Å². The van der Waals surface area contributed by atoms with E-state index < -0.39 is 0 Å². The topological polar surface area (TPSA) is 42.0 Å². The third-order valence-corrected chi connectivity index (χ3v) is 9.77. The van der Waals surface area contributed by atoms with Crippen LogP contribution in [0, 0.1) is 34.5 Å². The van der Waals surface area contributed by atoms with Gasteiger partial charge in [0, 0.05) is 24.4 Å². The highest BCUT2D eigenvalue weighted by molar-refractivity contribution is 5.77. The summed E-state index contributed by atoms with van der Waals surface area (Å²) in [6.07, 6.45) is 14.4. The fourth-order valence-corrected chi connectivity index (χ4v) is 8.15. The first-order valence-corrected chi connectivity index (χ1v) is 11.7. The van der Waals surface area contributed by atoms with E-state index in [1.165, 1.54) is 50.6 Å². The van der Waals surface area contributed by atoms with Gasteiger partial charge in [-0.2, -0.15) is 0 Å². The third-order valence-electron chi connectivity index (χ3n) is 9.77. The Kier molecular flexibility index (Phi) is 4.56. The van der Waals surface area contributed by atoms with Crippen LogP contribution in [-0.2, 0) is 11.2 Å². The zero-order valence-electron chi connectivity index (χ0n) is 17.6. The number of fused-ring (bicyclic) bond motifs is 5. The molecule has 0 bridgehead atoms. The maximum atomic E-state index is 12.0. The Balaban J connectivity index is 1.32. The lowest BCUT2D eigenvalue weighted by molar-refractivity contribution is -0.136. The van der Waals surface area contributed by atoms with Crippen molar-refractivity contribution in [2.75, 3.05) is 0 Å². The van der Waals surface area contributed by atoms with Crippen molar-refractivity contribution in [2.45, 2.75) is 84.1 Å². The van der Waals surface area contributed by atoms with Crippen LogP contribution < -0.4 is 5.32 Å². The van der Waals surface area contributed by atoms with Gasteiger partial charge in [0.25, 0.3) is 0 Å². The monoisotopic (exact) mass is 380 g/mol. The lowest BCUT2D eigenvalue weighted by Gasteiger charge is -2.60. The number of hydrogen-bond acceptors (Lipinski definition) is 2. The molecule has 4 fully saturated rings. The van der Waals surface area contributed by atoms with Crippen LogP contribution in [0.25, 0.3) is 0 Å². The van der Waals surface area contributed by atoms with E-state index in [0.717, 1.165) is 42.9 Å². The van der Waals surface area contributed by atoms with E-state index in [1.54, 1.807) is 0 Å². The highest BCUT2D eigenvalue weighted by Gasteiger charge is 2.60. The molecular formula is C25H36N2O. The molecule has 3 aliphatic carbocycles. The Labute approximate surface area is 170 Å². The molecule has 0 radical (unpaired) electrons. The quantitative estimate of drug-likeness (QED) is 0.788. The van der Waals surface area contributed by atoms with Gasteiger partial charge < -0.3 is 5.32 Å². The summed E-state index contributed by atoms with van der Waals surface area (Å²) in [6, 6.07) is 6.75. The average Bonchev–Trinajstić information content (AvgIpc) is 3.04. The molecule has 0 spiro atoms. The minimum Gasteiger partial charge on any atom is -0.353 e. The van der Waals surface area contributed by atoms with Crippen LogP contribution in [0.1, 0.15) is 77.3 Å². The number of hydrogen-bond donors (Lipinski definition) is 1. The van der Waals surface area contributed by atoms with Gasteiger partial charge >= 0.3 is 0 Å². The second-order valence-corrected chi connectivity index (χ2v) is 10.8. The molecule has 1 aliphatic heterocycles. The Morgan fingerprint density at radius 1 is 1.04 bits per heavy atom. The van der Waals surface area contributed by atoms with Gasteiger partial charge in [0.15, 0.2) is 0 Å². The molecule has 28 heavy (non-hydrogen) atoms. The molecular weight excluding hydrogens is 344 g/mol. The molecule has 4 aliphatic rings. The number of amides is 1. The summed E-state index contributed by atoms with van der Waals surface area (Å²) in [5.41, 5.74) is 2.12. The van der Waals surface area contributed by atoms with E-state index in [1.807, 2.05) is 12.3 Å². The molecule has 0 aromatic carbocycles. The van der Waals surface area contributed by atoms with Crippen molar-refractivity contribution in [1.82, 2.24) is 10.3 Å². The van der Waals surface area contributed by atoms with Gasteiger partial charge in [-0.15, -0.1) is 0 Å². The van der Waals surface area contributed by atoms with Gasteiger partial charge in [0.05, 0.1) is 0 Å². The fraction of sp³-hybridized carbons (Fsp3) is 0.760. The predicted molar refractivity (Wildman–Crippen MR) is 112 cm³/mol. The maximum absolute atomic E-state index is 12.0. The highest BCUT2D eigenvalue weighted by atomic mass is 16.1. The Morgan fingerprint density at radius 2 is 1.89 bits per heavy atom. The van der Waals surface area contributed by atoms with E-state index in [0.29, 0.717) is 16.9 Å². The predicted octanol–water partition coefficient (Wildman–Crippen LogP) is 5.15. The Bertz CT molecular complexity index is 733. The molecule has 152 valence electrons. The summed E-state index contributed by atoms with van der Waals surface area (Å²) in [7, 11) is 0. The molecule has 3 saturated carbocycles. The van der Waals surface area contributed by atoms with E-state index >= 15 is 0 Å². The summed E-state index contributed by atoms with van der Waals surface area (Å²) in [4.78, 5) is 16.5. The van der Waals surface area contributed by atoms with Crippen molar-refractivity contribution in [3.05, 3.63) is 30.1 Å². The first-order chi connectivity index (χ1) is 13.5. The number of carbonyl (C=O) groups is 1. The molecule has 1 aromatic rings. The zero-order chi connectivity index (χ0) is 19.4. The lowest BCUT2D eigenvalue weighted by atomic mass is 9.47. The standard InChI is InChI=1S/C25H36N2O/c1-24-14-12-21-19(9-11-22-25(21,2)15-13-23(28)27-22)20(24)10-7-17(24)6-8-18-5-3-4-16-26-18/h3-5,16-17,19-22H,6-15H2,1-2H3,(H,27,28)/t17-,19-,20-,21-,22+,24+,25+/m0/s1. The van der Waals surface area contributed by atoms with Crippen molar-refractivity contribution in [2.24, 2.45) is 34.5 Å². The second-order valence-electron chi connectivity index (χ2n) is 10.8. The molecule has 1 aromatic heterocycles. The average molecular weight is 381 g/mol. The lowest BCUT2D eigenvalue weighted by Crippen LogP contribution is -2.61. The molecule has 1 saturated heterocycles. The number of carbonyl (C=O) groups excluding carboxylic acids is 1. The highest BCUT2D eigenvalue weighted by Crippen LogP contribution is 2.66. The van der Waals surface area contributed by atoms with Gasteiger partial charge in [-0.05, 0) is 104 Å². The van der Waals surface area contributed by atoms with Crippen LogP contribution in [0.3, 0.4) is 0 Å². The van der Waals surface area contributed by atoms with E-state index in [9.17, 15) is 4.79 Å². The fourth-order valence-electron chi connectivity index (χ4n) is 8.15. The molecule has 3 nitrogen and oxygen atoms in total. The van der Waals surface area contributed by atoms with Crippen molar-refractivity contribution >= 4 is 5.91 Å². The minimum absolute atomic E-state index is 0.289. The molecule has 3 heteroatoms. The van der Waals surface area contributed by atoms with Crippen molar-refractivity contribution in [3.63, 3.8) is 0 Å². The van der Waals surface area contributed by atoms with E-state index in [2.05, 4.69) is 36.3 Å². The molecule has 2 heterocycles.